The minimum absolute atomic E-state index is 0.140. The average Bonchev–Trinajstić information content (AvgIpc) is 3.44. The molecule has 0 bridgehead atoms. The molecule has 4 aromatic heterocycles. The van der Waals surface area contributed by atoms with E-state index in [0.29, 0.717) is 29.2 Å². The fourth-order valence-corrected chi connectivity index (χ4v) is 3.98. The molecular formula is C18H16N8O2S. The van der Waals surface area contributed by atoms with Crippen molar-refractivity contribution in [3.63, 3.8) is 0 Å². The molecule has 11 heteroatoms. The topological polar surface area (TPSA) is 138 Å². The summed E-state index contributed by atoms with van der Waals surface area (Å²) in [5, 5.41) is 21.1. The Morgan fingerprint density at radius 2 is 2.10 bits per heavy atom. The highest BCUT2D eigenvalue weighted by Crippen LogP contribution is 2.34. The van der Waals surface area contributed by atoms with Crippen LogP contribution in [0.4, 0.5) is 0 Å². The molecule has 10 nitrogen and oxygen atoms in total. The van der Waals surface area contributed by atoms with Crippen LogP contribution in [0.3, 0.4) is 0 Å². The summed E-state index contributed by atoms with van der Waals surface area (Å²) in [6.07, 6.45) is 11.3. The van der Waals surface area contributed by atoms with Crippen LogP contribution in [-0.2, 0) is 0 Å². The normalized spacial score (nSPS) is 18.5. The molecule has 0 radical (unpaired) electrons. The second kappa shape index (κ2) is 6.87. The monoisotopic (exact) mass is 408 g/mol. The van der Waals surface area contributed by atoms with Crippen LogP contribution >= 0.6 is 11.3 Å². The van der Waals surface area contributed by atoms with Crippen molar-refractivity contribution >= 4 is 17.2 Å². The molecular weight excluding hydrogens is 392 g/mol. The molecule has 0 aliphatic heterocycles. The first-order valence-electron chi connectivity index (χ1n) is 8.93. The Hall–Kier alpha value is -3.44. The zero-order valence-electron chi connectivity index (χ0n) is 15.1. The van der Waals surface area contributed by atoms with Gasteiger partial charge in [-0.15, -0.1) is 11.3 Å². The molecule has 1 fully saturated rings. The molecule has 0 spiro atoms. The number of primary amides is 1. The van der Waals surface area contributed by atoms with Gasteiger partial charge in [0.25, 0.3) is 5.91 Å². The predicted octanol–water partition coefficient (Wildman–Crippen LogP) is 1.44. The first-order chi connectivity index (χ1) is 14.1. The van der Waals surface area contributed by atoms with Gasteiger partial charge < -0.3 is 10.8 Å². The molecule has 4 heterocycles. The number of hydrogen-bond acceptors (Lipinski definition) is 8. The molecule has 3 N–H and O–H groups in total. The van der Waals surface area contributed by atoms with Gasteiger partial charge in [0.15, 0.2) is 0 Å². The summed E-state index contributed by atoms with van der Waals surface area (Å²) in [5.74, 6) is -0.561. The summed E-state index contributed by atoms with van der Waals surface area (Å²) in [4.78, 5) is 24.1. The molecule has 0 saturated heterocycles. The van der Waals surface area contributed by atoms with E-state index in [-0.39, 0.29) is 17.8 Å². The quantitative estimate of drug-likeness (QED) is 0.510. The van der Waals surface area contributed by atoms with E-state index >= 15 is 0 Å². The summed E-state index contributed by atoms with van der Waals surface area (Å²) in [5.41, 5.74) is 8.30. The standard InChI is InChI=1S/C18H16N8O2S/c19-17(28)14-9-29-18(23-14)10-5-22-26(7-10)15-8-25(11-3-12(27)4-11)24-16(15)13-6-20-1-2-21-13/h1-2,5-9,11-12,27H,3-4H2,(H2,19,28). The Balaban J connectivity index is 1.54. The minimum atomic E-state index is -0.561. The predicted molar refractivity (Wildman–Crippen MR) is 104 cm³/mol. The number of carbonyl (C=O) groups is 1. The second-order valence-electron chi connectivity index (χ2n) is 6.79. The molecule has 29 heavy (non-hydrogen) atoms. The van der Waals surface area contributed by atoms with Crippen LogP contribution in [0, 0.1) is 0 Å². The molecule has 146 valence electrons. The SMILES string of the molecule is NC(=O)c1csc(-c2cnn(-c3cn(C4CC(O)C4)nc3-c3cnccn3)c2)n1. The van der Waals surface area contributed by atoms with Crippen molar-refractivity contribution in [1.29, 1.82) is 0 Å². The molecule has 1 saturated carbocycles. The van der Waals surface area contributed by atoms with Gasteiger partial charge in [-0.25, -0.2) is 9.67 Å². The maximum Gasteiger partial charge on any atom is 0.268 e. The Labute approximate surface area is 168 Å². The van der Waals surface area contributed by atoms with Gasteiger partial charge in [-0.1, -0.05) is 0 Å². The number of nitrogens with two attached hydrogens (primary N) is 1. The molecule has 0 unspecified atom stereocenters. The van der Waals surface area contributed by atoms with E-state index < -0.39 is 5.91 Å². The Morgan fingerprint density at radius 1 is 1.24 bits per heavy atom. The zero-order chi connectivity index (χ0) is 20.0. The van der Waals surface area contributed by atoms with E-state index in [1.807, 2.05) is 17.1 Å². The molecule has 5 rings (SSSR count). The summed E-state index contributed by atoms with van der Waals surface area (Å²) >= 11 is 1.33. The molecule has 0 atom stereocenters. The van der Waals surface area contributed by atoms with Crippen molar-refractivity contribution < 1.29 is 9.90 Å². The Bertz CT molecular complexity index is 1180. The number of aliphatic hydroxyl groups is 1. The van der Waals surface area contributed by atoms with Crippen LogP contribution in [0.2, 0.25) is 0 Å². The average molecular weight is 408 g/mol. The number of aliphatic hydroxyl groups excluding tert-OH is 1. The van der Waals surface area contributed by atoms with Crippen molar-refractivity contribution in [2.75, 3.05) is 0 Å². The molecule has 1 aliphatic carbocycles. The largest absolute Gasteiger partial charge is 0.393 e. The maximum absolute atomic E-state index is 11.3. The zero-order valence-corrected chi connectivity index (χ0v) is 15.9. The van der Waals surface area contributed by atoms with E-state index in [4.69, 9.17) is 10.8 Å². The Morgan fingerprint density at radius 3 is 2.79 bits per heavy atom. The van der Waals surface area contributed by atoms with Gasteiger partial charge in [0, 0.05) is 29.5 Å². The first-order valence-corrected chi connectivity index (χ1v) is 9.81. The molecule has 0 aromatic carbocycles. The fourth-order valence-electron chi connectivity index (χ4n) is 3.20. The van der Waals surface area contributed by atoms with Crippen molar-refractivity contribution in [2.24, 2.45) is 5.73 Å². The highest BCUT2D eigenvalue weighted by molar-refractivity contribution is 7.13. The van der Waals surface area contributed by atoms with Crippen LogP contribution in [0.5, 0.6) is 0 Å². The van der Waals surface area contributed by atoms with Crippen LogP contribution in [0.25, 0.3) is 27.6 Å². The summed E-state index contributed by atoms with van der Waals surface area (Å²) in [6, 6.07) is 0.140. The summed E-state index contributed by atoms with van der Waals surface area (Å²) < 4.78 is 3.55. The summed E-state index contributed by atoms with van der Waals surface area (Å²) in [6.45, 7) is 0. The van der Waals surface area contributed by atoms with Crippen molar-refractivity contribution in [1.82, 2.24) is 34.5 Å². The third-order valence-corrected chi connectivity index (χ3v) is 5.71. The van der Waals surface area contributed by atoms with Crippen LogP contribution in [0.15, 0.2) is 42.6 Å². The molecule has 1 amide bonds. The van der Waals surface area contributed by atoms with Gasteiger partial charge in [-0.05, 0) is 12.8 Å². The van der Waals surface area contributed by atoms with E-state index in [1.54, 1.807) is 34.8 Å². The second-order valence-corrected chi connectivity index (χ2v) is 7.65. The number of amides is 1. The van der Waals surface area contributed by atoms with E-state index in [1.165, 1.54) is 11.3 Å². The van der Waals surface area contributed by atoms with Crippen LogP contribution < -0.4 is 5.73 Å². The van der Waals surface area contributed by atoms with Gasteiger partial charge in [0.1, 0.15) is 27.8 Å². The lowest BCUT2D eigenvalue weighted by molar-refractivity contribution is 0.0435. The number of aromatic nitrogens is 7. The number of nitrogens with zero attached hydrogens (tertiary/aromatic N) is 7. The number of rotatable bonds is 5. The third kappa shape index (κ3) is 3.19. The third-order valence-electron chi connectivity index (χ3n) is 4.81. The van der Waals surface area contributed by atoms with E-state index in [0.717, 1.165) is 11.3 Å². The minimum Gasteiger partial charge on any atom is -0.393 e. The van der Waals surface area contributed by atoms with Gasteiger partial charge in [-0.2, -0.15) is 10.2 Å². The van der Waals surface area contributed by atoms with Crippen LogP contribution in [-0.4, -0.2) is 51.6 Å². The van der Waals surface area contributed by atoms with Crippen molar-refractivity contribution in [3.8, 4) is 27.6 Å². The van der Waals surface area contributed by atoms with Crippen molar-refractivity contribution in [3.05, 3.63) is 48.3 Å². The fraction of sp³-hybridized carbons (Fsp3) is 0.222. The molecule has 4 aromatic rings. The smallest absolute Gasteiger partial charge is 0.268 e. The van der Waals surface area contributed by atoms with E-state index in [2.05, 4.69) is 20.1 Å². The van der Waals surface area contributed by atoms with Gasteiger partial charge in [0.2, 0.25) is 0 Å². The Kier molecular flexibility index (Phi) is 4.18. The number of thiazole rings is 1. The lowest BCUT2D eigenvalue weighted by Crippen LogP contribution is -2.31. The lowest BCUT2D eigenvalue weighted by Gasteiger charge is -2.31. The maximum atomic E-state index is 11.3. The lowest BCUT2D eigenvalue weighted by atomic mass is 9.90. The summed E-state index contributed by atoms with van der Waals surface area (Å²) in [7, 11) is 0. The van der Waals surface area contributed by atoms with Gasteiger partial charge >= 0.3 is 0 Å². The number of carbonyl (C=O) groups excluding carboxylic acids is 1. The number of hydrogen-bond donors (Lipinski definition) is 2. The first kappa shape index (κ1) is 17.6. The van der Waals surface area contributed by atoms with Gasteiger partial charge in [0.05, 0.1) is 30.7 Å². The van der Waals surface area contributed by atoms with Crippen molar-refractivity contribution in [2.45, 2.75) is 25.0 Å². The molecule has 1 aliphatic rings. The van der Waals surface area contributed by atoms with Gasteiger partial charge in [-0.3, -0.25) is 19.4 Å². The van der Waals surface area contributed by atoms with Crippen LogP contribution in [0.1, 0.15) is 29.4 Å². The highest BCUT2D eigenvalue weighted by Gasteiger charge is 2.31. The van der Waals surface area contributed by atoms with E-state index in [9.17, 15) is 9.90 Å². The highest BCUT2D eigenvalue weighted by atomic mass is 32.1.